The lowest BCUT2D eigenvalue weighted by Gasteiger charge is -2.18. The number of hydrogen-bond donors (Lipinski definition) is 0. The molecule has 156 valence electrons. The predicted octanol–water partition coefficient (Wildman–Crippen LogP) is 3.76. The summed E-state index contributed by atoms with van der Waals surface area (Å²) in [5, 5.41) is 9.18. The van der Waals surface area contributed by atoms with Crippen LogP contribution < -0.4 is 0 Å². The number of aromatic nitrogens is 5. The van der Waals surface area contributed by atoms with E-state index in [-0.39, 0.29) is 5.78 Å². The Morgan fingerprint density at radius 2 is 1.70 bits per heavy atom. The first-order chi connectivity index (χ1) is 14.6. The van der Waals surface area contributed by atoms with Crippen LogP contribution in [0.4, 0.5) is 0 Å². The van der Waals surface area contributed by atoms with Crippen molar-refractivity contribution < 1.29 is 4.79 Å². The summed E-state index contributed by atoms with van der Waals surface area (Å²) in [6.45, 7) is 10.5. The first kappa shape index (κ1) is 20.2. The van der Waals surface area contributed by atoms with E-state index in [9.17, 15) is 4.79 Å². The van der Waals surface area contributed by atoms with Gasteiger partial charge in [-0.25, -0.2) is 4.98 Å². The molecule has 30 heavy (non-hydrogen) atoms. The van der Waals surface area contributed by atoms with Crippen LogP contribution in [0, 0.1) is 0 Å². The zero-order valence-electron chi connectivity index (χ0n) is 17.9. The quantitative estimate of drug-likeness (QED) is 0.397. The molecule has 0 aliphatic rings. The summed E-state index contributed by atoms with van der Waals surface area (Å²) < 4.78 is 2.25. The van der Waals surface area contributed by atoms with E-state index >= 15 is 0 Å². The number of aryl methyl sites for hydroxylation is 1. The summed E-state index contributed by atoms with van der Waals surface area (Å²) in [5.74, 6) is 0.958. The van der Waals surface area contributed by atoms with Gasteiger partial charge in [0.05, 0.1) is 11.0 Å². The summed E-state index contributed by atoms with van der Waals surface area (Å²) in [6, 6.07) is 13.6. The Bertz CT molecular complexity index is 1140. The molecular formula is C23H28N6O. The Balaban J connectivity index is 1.67. The third kappa shape index (κ3) is 4.11. The lowest BCUT2D eigenvalue weighted by molar-refractivity contribution is 0.101. The number of imidazole rings is 1. The molecule has 0 atom stereocenters. The average Bonchev–Trinajstić information content (AvgIpc) is 3.31. The van der Waals surface area contributed by atoms with Crippen molar-refractivity contribution in [2.45, 2.75) is 40.3 Å². The Morgan fingerprint density at radius 1 is 1.00 bits per heavy atom. The second-order valence-electron chi connectivity index (χ2n) is 7.54. The molecule has 2 heterocycles. The fourth-order valence-corrected chi connectivity index (χ4v) is 3.86. The summed E-state index contributed by atoms with van der Waals surface area (Å²) in [5.41, 5.74) is 4.33. The molecule has 0 saturated carbocycles. The van der Waals surface area contributed by atoms with Gasteiger partial charge < -0.3 is 9.47 Å². The lowest BCUT2D eigenvalue weighted by atomic mass is 10.1. The Labute approximate surface area is 176 Å². The molecule has 0 spiro atoms. The first-order valence-corrected chi connectivity index (χ1v) is 10.6. The third-order valence-electron chi connectivity index (χ3n) is 5.60. The normalized spacial score (nSPS) is 11.7. The van der Waals surface area contributed by atoms with Gasteiger partial charge in [-0.3, -0.25) is 4.79 Å². The summed E-state index contributed by atoms with van der Waals surface area (Å²) in [4.78, 5) is 20.8. The molecule has 2 aromatic heterocycles. The molecule has 0 radical (unpaired) electrons. The van der Waals surface area contributed by atoms with Crippen LogP contribution in [-0.4, -0.2) is 54.9 Å². The van der Waals surface area contributed by atoms with Gasteiger partial charge in [-0.1, -0.05) is 26.0 Å². The van der Waals surface area contributed by atoms with Gasteiger partial charge >= 0.3 is 0 Å². The topological polar surface area (TPSA) is 68.8 Å². The predicted molar refractivity (Wildman–Crippen MR) is 119 cm³/mol. The van der Waals surface area contributed by atoms with Crippen molar-refractivity contribution in [3.63, 3.8) is 0 Å². The molecule has 4 aromatic rings. The van der Waals surface area contributed by atoms with Gasteiger partial charge in [0.15, 0.2) is 5.78 Å². The lowest BCUT2D eigenvalue weighted by Crippen LogP contribution is -2.25. The van der Waals surface area contributed by atoms with Crippen LogP contribution in [0.1, 0.15) is 43.4 Å². The van der Waals surface area contributed by atoms with Crippen molar-refractivity contribution in [3.05, 3.63) is 53.9 Å². The maximum absolute atomic E-state index is 11.8. The standard InChI is InChI=1S/C23H28N6O/c1-4-27(5-2)13-8-14-28-22-12-11-18(17(3)30)15-21(22)24-23(28)16-29-25-19-9-6-7-10-20(19)26-29/h6-7,9-12,15H,4-5,8,13-14,16H2,1-3H3. The van der Waals surface area contributed by atoms with Gasteiger partial charge in [-0.15, -0.1) is 0 Å². The van der Waals surface area contributed by atoms with E-state index in [4.69, 9.17) is 4.98 Å². The average molecular weight is 405 g/mol. The highest BCUT2D eigenvalue weighted by Crippen LogP contribution is 2.20. The maximum Gasteiger partial charge on any atom is 0.159 e. The van der Waals surface area contributed by atoms with Crippen molar-refractivity contribution in [1.29, 1.82) is 0 Å². The highest BCUT2D eigenvalue weighted by molar-refractivity contribution is 5.97. The van der Waals surface area contributed by atoms with E-state index in [0.717, 1.165) is 60.5 Å². The number of carbonyl (C=O) groups excluding carboxylic acids is 1. The van der Waals surface area contributed by atoms with Crippen molar-refractivity contribution >= 4 is 27.9 Å². The van der Waals surface area contributed by atoms with Gasteiger partial charge in [-0.05, 0) is 63.3 Å². The number of carbonyl (C=O) groups is 1. The van der Waals surface area contributed by atoms with Crippen molar-refractivity contribution in [3.8, 4) is 0 Å². The summed E-state index contributed by atoms with van der Waals surface area (Å²) in [7, 11) is 0. The van der Waals surface area contributed by atoms with E-state index in [1.165, 1.54) is 0 Å². The van der Waals surface area contributed by atoms with Crippen LogP contribution >= 0.6 is 0 Å². The van der Waals surface area contributed by atoms with Crippen LogP contribution in [-0.2, 0) is 13.1 Å². The van der Waals surface area contributed by atoms with E-state index in [1.54, 1.807) is 11.7 Å². The first-order valence-electron chi connectivity index (χ1n) is 10.6. The molecule has 0 bridgehead atoms. The zero-order chi connectivity index (χ0) is 21.1. The molecule has 0 unspecified atom stereocenters. The van der Waals surface area contributed by atoms with Gasteiger partial charge in [0.2, 0.25) is 0 Å². The third-order valence-corrected chi connectivity index (χ3v) is 5.60. The zero-order valence-corrected chi connectivity index (χ0v) is 17.9. The Hall–Kier alpha value is -3.06. The van der Waals surface area contributed by atoms with Crippen LogP contribution in [0.3, 0.4) is 0 Å². The molecule has 0 aliphatic carbocycles. The molecule has 0 amide bonds. The number of nitrogens with zero attached hydrogens (tertiary/aromatic N) is 6. The molecule has 0 aliphatic heterocycles. The SMILES string of the molecule is CCN(CC)CCCn1c(Cn2nc3ccccc3n2)nc2cc(C(C)=O)ccc21. The van der Waals surface area contributed by atoms with Crippen LogP contribution in [0.15, 0.2) is 42.5 Å². The maximum atomic E-state index is 11.8. The number of Topliss-reactive ketones (excluding diaryl/α,β-unsaturated/α-hetero) is 1. The number of benzene rings is 2. The van der Waals surface area contributed by atoms with Gasteiger partial charge in [0, 0.05) is 12.1 Å². The molecule has 7 heteroatoms. The largest absolute Gasteiger partial charge is 0.326 e. The van der Waals surface area contributed by atoms with E-state index < -0.39 is 0 Å². The fraction of sp³-hybridized carbons (Fsp3) is 0.391. The Morgan fingerprint density at radius 3 is 2.33 bits per heavy atom. The number of ketones is 1. The minimum atomic E-state index is 0.0505. The molecule has 0 saturated heterocycles. The van der Waals surface area contributed by atoms with Crippen LogP contribution in [0.2, 0.25) is 0 Å². The molecule has 0 fully saturated rings. The fourth-order valence-electron chi connectivity index (χ4n) is 3.86. The highest BCUT2D eigenvalue weighted by atomic mass is 16.1. The van der Waals surface area contributed by atoms with Gasteiger partial charge in [-0.2, -0.15) is 15.0 Å². The number of hydrogen-bond acceptors (Lipinski definition) is 5. The molecule has 2 aromatic carbocycles. The van der Waals surface area contributed by atoms with Crippen LogP contribution in [0.5, 0.6) is 0 Å². The molecule has 7 nitrogen and oxygen atoms in total. The van der Waals surface area contributed by atoms with Gasteiger partial charge in [0.25, 0.3) is 0 Å². The molecule has 0 N–H and O–H groups in total. The van der Waals surface area contributed by atoms with Crippen molar-refractivity contribution in [1.82, 2.24) is 29.4 Å². The monoisotopic (exact) mass is 404 g/mol. The molecular weight excluding hydrogens is 376 g/mol. The van der Waals surface area contributed by atoms with Crippen molar-refractivity contribution in [2.75, 3.05) is 19.6 Å². The minimum Gasteiger partial charge on any atom is -0.326 e. The highest BCUT2D eigenvalue weighted by Gasteiger charge is 2.14. The van der Waals surface area contributed by atoms with E-state index in [1.807, 2.05) is 42.5 Å². The van der Waals surface area contributed by atoms with Gasteiger partial charge in [0.1, 0.15) is 23.4 Å². The second kappa shape index (κ2) is 8.75. The van der Waals surface area contributed by atoms with Crippen molar-refractivity contribution in [2.24, 2.45) is 0 Å². The summed E-state index contributed by atoms with van der Waals surface area (Å²) >= 11 is 0. The number of rotatable bonds is 9. The van der Waals surface area contributed by atoms with E-state index in [0.29, 0.717) is 12.1 Å². The minimum absolute atomic E-state index is 0.0505. The second-order valence-corrected chi connectivity index (χ2v) is 7.54. The summed E-state index contributed by atoms with van der Waals surface area (Å²) in [6.07, 6.45) is 1.03. The molecule has 4 rings (SSSR count). The van der Waals surface area contributed by atoms with Crippen LogP contribution in [0.25, 0.3) is 22.1 Å². The number of fused-ring (bicyclic) bond motifs is 2. The smallest absolute Gasteiger partial charge is 0.159 e. The Kier molecular flexibility index (Phi) is 5.90. The van der Waals surface area contributed by atoms with E-state index in [2.05, 4.69) is 33.5 Å².